The number of aromatic nitrogens is 1. The minimum Gasteiger partial charge on any atom is -0.494 e. The van der Waals surface area contributed by atoms with Crippen LogP contribution in [0.15, 0.2) is 103 Å². The molecule has 0 N–H and O–H groups in total. The summed E-state index contributed by atoms with van der Waals surface area (Å²) >= 11 is 0. The quantitative estimate of drug-likeness (QED) is 0.150. The van der Waals surface area contributed by atoms with E-state index in [1.165, 1.54) is 0 Å². The summed E-state index contributed by atoms with van der Waals surface area (Å²) in [6.07, 6.45) is -0.845. The molecule has 0 aliphatic heterocycles. The molecule has 0 radical (unpaired) electrons. The number of fused-ring (bicyclic) bond motifs is 1. The van der Waals surface area contributed by atoms with E-state index in [9.17, 15) is 4.79 Å². The van der Waals surface area contributed by atoms with Crippen molar-refractivity contribution in [1.82, 2.24) is 4.57 Å². The van der Waals surface area contributed by atoms with Crippen LogP contribution in [-0.4, -0.2) is 29.9 Å². The second-order valence-corrected chi connectivity index (χ2v) is 9.67. The van der Waals surface area contributed by atoms with Crippen molar-refractivity contribution in [1.29, 1.82) is 0 Å². The summed E-state index contributed by atoms with van der Waals surface area (Å²) in [5.74, 6) is 1.79. The molecule has 0 saturated carbocycles. The van der Waals surface area contributed by atoms with Gasteiger partial charge in [-0.15, -0.1) is 0 Å². The first-order valence-electron chi connectivity index (χ1n) is 14.0. The number of benzene rings is 4. The second-order valence-electron chi connectivity index (χ2n) is 9.67. The monoisotopic (exact) mass is 549 g/mol. The lowest BCUT2D eigenvalue weighted by molar-refractivity contribution is -0.152. The van der Waals surface area contributed by atoms with E-state index in [4.69, 9.17) is 18.9 Å². The highest BCUT2D eigenvalue weighted by Gasteiger charge is 2.26. The highest BCUT2D eigenvalue weighted by Crippen LogP contribution is 2.36. The predicted molar refractivity (Wildman–Crippen MR) is 162 cm³/mol. The number of carbonyl (C=O) groups is 1. The number of ether oxygens (including phenoxy) is 4. The number of hydrogen-bond donors (Lipinski definition) is 0. The van der Waals surface area contributed by atoms with Crippen molar-refractivity contribution in [2.45, 2.75) is 40.0 Å². The number of nitrogens with zero attached hydrogens (tertiary/aromatic N) is 1. The first-order chi connectivity index (χ1) is 20.1. The fourth-order valence-corrected chi connectivity index (χ4v) is 4.99. The van der Waals surface area contributed by atoms with Crippen molar-refractivity contribution < 1.29 is 23.7 Å². The van der Waals surface area contributed by atoms with Gasteiger partial charge in [0.25, 0.3) is 0 Å². The van der Waals surface area contributed by atoms with E-state index in [-0.39, 0.29) is 13.2 Å². The molecule has 0 spiro atoms. The summed E-state index contributed by atoms with van der Waals surface area (Å²) in [5.41, 5.74) is 5.17. The van der Waals surface area contributed by atoms with Crippen LogP contribution in [0.3, 0.4) is 0 Å². The molecule has 5 rings (SSSR count). The molecule has 0 aliphatic rings. The third-order valence-electron chi connectivity index (χ3n) is 6.89. The van der Waals surface area contributed by atoms with Crippen molar-refractivity contribution in [2.75, 3.05) is 13.2 Å². The zero-order valence-corrected chi connectivity index (χ0v) is 23.7. The Morgan fingerprint density at radius 1 is 0.756 bits per heavy atom. The summed E-state index contributed by atoms with van der Waals surface area (Å²) < 4.78 is 25.6. The van der Waals surface area contributed by atoms with Crippen molar-refractivity contribution in [2.24, 2.45) is 0 Å². The highest BCUT2D eigenvalue weighted by atomic mass is 16.6. The first-order valence-corrected chi connectivity index (χ1v) is 14.0. The summed E-state index contributed by atoms with van der Waals surface area (Å²) in [5, 5.41) is 1.04. The lowest BCUT2D eigenvalue weighted by Crippen LogP contribution is -2.34. The lowest BCUT2D eigenvalue weighted by atomic mass is 10.1. The van der Waals surface area contributed by atoms with Crippen molar-refractivity contribution in [3.8, 4) is 28.5 Å². The van der Waals surface area contributed by atoms with Gasteiger partial charge in [0.1, 0.15) is 23.9 Å². The largest absolute Gasteiger partial charge is 0.494 e. The molecule has 5 aromatic rings. The van der Waals surface area contributed by atoms with Crippen molar-refractivity contribution >= 4 is 16.9 Å². The van der Waals surface area contributed by atoms with Crippen LogP contribution in [-0.2, 0) is 22.7 Å². The molecule has 210 valence electrons. The number of para-hydroxylation sites is 1. The van der Waals surface area contributed by atoms with Gasteiger partial charge in [-0.3, -0.25) is 0 Å². The van der Waals surface area contributed by atoms with E-state index in [0.29, 0.717) is 19.0 Å². The van der Waals surface area contributed by atoms with Gasteiger partial charge >= 0.3 is 5.97 Å². The minimum absolute atomic E-state index is 0.269. The fraction of sp³-hybridized carbons (Fsp3) is 0.229. The van der Waals surface area contributed by atoms with Gasteiger partial charge in [0.15, 0.2) is 0 Å². The molecular weight excluding hydrogens is 514 g/mol. The molecule has 41 heavy (non-hydrogen) atoms. The SMILES string of the molecule is CCOC(=O)C(Cn1c(-c2ccc(OCC)cc2)c(C)c2cc(OCc3ccccc3)ccc21)Oc1ccccc1. The molecule has 0 amide bonds. The Balaban J connectivity index is 1.56. The average Bonchev–Trinajstić information content (AvgIpc) is 3.27. The van der Waals surface area contributed by atoms with Crippen LogP contribution in [0, 0.1) is 6.92 Å². The van der Waals surface area contributed by atoms with E-state index in [0.717, 1.165) is 44.8 Å². The number of aryl methyl sites for hydroxylation is 1. The smallest absolute Gasteiger partial charge is 0.349 e. The zero-order valence-electron chi connectivity index (χ0n) is 23.7. The number of esters is 1. The molecule has 0 fully saturated rings. The molecule has 6 nitrogen and oxygen atoms in total. The number of hydrogen-bond acceptors (Lipinski definition) is 5. The average molecular weight is 550 g/mol. The van der Waals surface area contributed by atoms with Crippen LogP contribution in [0.25, 0.3) is 22.2 Å². The Morgan fingerprint density at radius 3 is 2.12 bits per heavy atom. The summed E-state index contributed by atoms with van der Waals surface area (Å²) in [4.78, 5) is 13.1. The van der Waals surface area contributed by atoms with E-state index in [1.54, 1.807) is 6.92 Å². The fourth-order valence-electron chi connectivity index (χ4n) is 4.99. The number of carbonyl (C=O) groups excluding carboxylic acids is 1. The van der Waals surface area contributed by atoms with Crippen LogP contribution in [0.2, 0.25) is 0 Å². The van der Waals surface area contributed by atoms with Gasteiger partial charge in [-0.05, 0) is 92.1 Å². The Kier molecular flexibility index (Phi) is 8.89. The zero-order chi connectivity index (χ0) is 28.6. The maximum absolute atomic E-state index is 13.1. The molecule has 1 unspecified atom stereocenters. The lowest BCUT2D eigenvalue weighted by Gasteiger charge is -2.21. The maximum atomic E-state index is 13.1. The molecule has 1 atom stereocenters. The topological polar surface area (TPSA) is 58.9 Å². The predicted octanol–water partition coefficient (Wildman–Crippen LogP) is 7.61. The second kappa shape index (κ2) is 13.1. The van der Waals surface area contributed by atoms with Crippen LogP contribution in [0.1, 0.15) is 25.0 Å². The van der Waals surface area contributed by atoms with Gasteiger partial charge in [0.2, 0.25) is 6.10 Å². The Hall–Kier alpha value is -4.71. The van der Waals surface area contributed by atoms with Gasteiger partial charge in [-0.25, -0.2) is 4.79 Å². The maximum Gasteiger partial charge on any atom is 0.349 e. The van der Waals surface area contributed by atoms with Gasteiger partial charge in [0.05, 0.1) is 25.5 Å². The van der Waals surface area contributed by atoms with E-state index in [2.05, 4.69) is 17.6 Å². The Morgan fingerprint density at radius 2 is 1.44 bits per heavy atom. The van der Waals surface area contributed by atoms with Crippen molar-refractivity contribution in [3.63, 3.8) is 0 Å². The normalized spacial score (nSPS) is 11.7. The molecule has 6 heteroatoms. The van der Waals surface area contributed by atoms with Gasteiger partial charge in [0, 0.05) is 10.9 Å². The van der Waals surface area contributed by atoms with Gasteiger partial charge in [-0.2, -0.15) is 0 Å². The van der Waals surface area contributed by atoms with Gasteiger partial charge in [-0.1, -0.05) is 48.5 Å². The first kappa shape index (κ1) is 27.8. The van der Waals surface area contributed by atoms with E-state index in [1.807, 2.05) is 104 Å². The van der Waals surface area contributed by atoms with Gasteiger partial charge < -0.3 is 23.5 Å². The summed E-state index contributed by atoms with van der Waals surface area (Å²) in [7, 11) is 0. The van der Waals surface area contributed by atoms with Crippen LogP contribution in [0.5, 0.6) is 17.2 Å². The van der Waals surface area contributed by atoms with Crippen LogP contribution >= 0.6 is 0 Å². The van der Waals surface area contributed by atoms with E-state index >= 15 is 0 Å². The summed E-state index contributed by atoms with van der Waals surface area (Å²) in [6.45, 7) is 7.49. The molecule has 1 heterocycles. The number of rotatable bonds is 12. The molecular formula is C35H35NO5. The Labute approximate surface area is 241 Å². The standard InChI is InChI=1S/C35H35NO5/c1-4-38-28-18-16-27(17-19-28)34-25(3)31-22-30(40-24-26-12-8-6-9-13-26)20-21-32(31)36(34)23-33(35(37)39-5-2)41-29-14-10-7-11-15-29/h6-22,33H,4-5,23-24H2,1-3H3. The molecule has 0 saturated heterocycles. The van der Waals surface area contributed by atoms with E-state index < -0.39 is 12.1 Å². The Bertz CT molecular complexity index is 1580. The highest BCUT2D eigenvalue weighted by molar-refractivity contribution is 5.93. The van der Waals surface area contributed by atoms with Crippen LogP contribution < -0.4 is 14.2 Å². The minimum atomic E-state index is -0.845. The molecule has 0 aliphatic carbocycles. The molecule has 0 bridgehead atoms. The van der Waals surface area contributed by atoms with Crippen LogP contribution in [0.4, 0.5) is 0 Å². The molecule has 4 aromatic carbocycles. The molecule has 1 aromatic heterocycles. The third kappa shape index (κ3) is 6.55. The third-order valence-corrected chi connectivity index (χ3v) is 6.89. The van der Waals surface area contributed by atoms with Crippen molar-refractivity contribution in [3.05, 3.63) is 114 Å². The summed E-state index contributed by atoms with van der Waals surface area (Å²) in [6, 6.07) is 33.6.